The van der Waals surface area contributed by atoms with Gasteiger partial charge >= 0.3 is 0 Å². The molecule has 1 heterocycles. The lowest BCUT2D eigenvalue weighted by molar-refractivity contribution is 0.0743. The molecule has 0 aromatic carbocycles. The van der Waals surface area contributed by atoms with E-state index in [-0.39, 0.29) is 22.3 Å². The van der Waals surface area contributed by atoms with Gasteiger partial charge in [-0.25, -0.2) is 0 Å². The van der Waals surface area contributed by atoms with E-state index in [0.717, 1.165) is 12.2 Å². The van der Waals surface area contributed by atoms with Crippen LogP contribution in [0.2, 0.25) is 10.3 Å². The molecule has 7 heteroatoms. The third kappa shape index (κ3) is 3.73. The van der Waals surface area contributed by atoms with Gasteiger partial charge in [0.15, 0.2) is 10.3 Å². The SMILES string of the molecule is CCC(CSC)N(C)C(=O)c1cc(Cl)nnc1Cl. The number of thioether (sulfide) groups is 1. The van der Waals surface area contributed by atoms with E-state index in [9.17, 15) is 4.79 Å². The molecule has 4 nitrogen and oxygen atoms in total. The normalized spacial score (nSPS) is 12.3. The molecule has 0 N–H and O–H groups in total. The molecule has 0 fully saturated rings. The number of aromatic nitrogens is 2. The van der Waals surface area contributed by atoms with Crippen molar-refractivity contribution in [1.82, 2.24) is 15.1 Å². The zero-order valence-corrected chi connectivity index (χ0v) is 12.8. The van der Waals surface area contributed by atoms with Crippen LogP contribution in [0.25, 0.3) is 0 Å². The minimum atomic E-state index is -0.183. The van der Waals surface area contributed by atoms with Gasteiger partial charge in [0.1, 0.15) is 0 Å². The fraction of sp³-hybridized carbons (Fsp3) is 0.545. The monoisotopic (exact) mass is 307 g/mol. The fourth-order valence-electron chi connectivity index (χ4n) is 1.55. The third-order valence-corrected chi connectivity index (χ3v) is 3.83. The first-order valence-corrected chi connectivity index (χ1v) is 7.61. The Kier molecular flexibility index (Phi) is 6.18. The quantitative estimate of drug-likeness (QED) is 0.839. The molecule has 0 aliphatic heterocycles. The second-order valence-electron chi connectivity index (χ2n) is 3.81. The minimum absolute atomic E-state index is 0.0789. The Morgan fingerprint density at radius 3 is 2.72 bits per heavy atom. The van der Waals surface area contributed by atoms with Crippen LogP contribution in [-0.4, -0.2) is 46.1 Å². The Morgan fingerprint density at radius 2 is 2.17 bits per heavy atom. The molecule has 0 saturated heterocycles. The molecule has 0 bridgehead atoms. The maximum Gasteiger partial charge on any atom is 0.257 e. The van der Waals surface area contributed by atoms with Crippen LogP contribution in [0.5, 0.6) is 0 Å². The predicted octanol–water partition coefficient (Wildman–Crippen LogP) is 3.00. The molecular weight excluding hydrogens is 293 g/mol. The number of nitrogens with zero attached hydrogens (tertiary/aromatic N) is 3. The summed E-state index contributed by atoms with van der Waals surface area (Å²) < 4.78 is 0. The molecule has 1 aromatic rings. The molecule has 100 valence electrons. The molecule has 1 amide bonds. The number of carbonyl (C=O) groups excluding carboxylic acids is 1. The number of hydrogen-bond acceptors (Lipinski definition) is 4. The number of amides is 1. The van der Waals surface area contributed by atoms with Gasteiger partial charge in [-0.3, -0.25) is 4.79 Å². The van der Waals surface area contributed by atoms with E-state index < -0.39 is 0 Å². The maximum atomic E-state index is 12.3. The summed E-state index contributed by atoms with van der Waals surface area (Å²) in [5, 5.41) is 7.48. The summed E-state index contributed by atoms with van der Waals surface area (Å²) in [7, 11) is 1.76. The lowest BCUT2D eigenvalue weighted by atomic mass is 10.2. The number of halogens is 2. The molecule has 1 aromatic heterocycles. The van der Waals surface area contributed by atoms with Crippen molar-refractivity contribution in [2.24, 2.45) is 0 Å². The standard InChI is InChI=1S/C11H15Cl2N3OS/c1-4-7(6-18-3)16(2)11(17)8-5-9(12)14-15-10(8)13/h5,7H,4,6H2,1-3H3. The molecule has 0 radical (unpaired) electrons. The minimum Gasteiger partial charge on any atom is -0.338 e. The molecule has 0 aliphatic carbocycles. The maximum absolute atomic E-state index is 12.3. The molecule has 1 unspecified atom stereocenters. The van der Waals surface area contributed by atoms with E-state index in [0.29, 0.717) is 5.56 Å². The Hall–Kier alpha value is -0.520. The first kappa shape index (κ1) is 15.5. The Labute approximate surface area is 121 Å². The van der Waals surface area contributed by atoms with Crippen molar-refractivity contribution in [3.8, 4) is 0 Å². The van der Waals surface area contributed by atoms with Crippen molar-refractivity contribution in [3.63, 3.8) is 0 Å². The van der Waals surface area contributed by atoms with Crippen LogP contribution in [0, 0.1) is 0 Å². The number of carbonyl (C=O) groups is 1. The van der Waals surface area contributed by atoms with E-state index in [1.807, 2.05) is 13.2 Å². The lowest BCUT2D eigenvalue weighted by Gasteiger charge is -2.26. The second-order valence-corrected chi connectivity index (χ2v) is 5.46. The zero-order chi connectivity index (χ0) is 13.7. The van der Waals surface area contributed by atoms with Gasteiger partial charge in [0.2, 0.25) is 0 Å². The van der Waals surface area contributed by atoms with Gasteiger partial charge in [-0.15, -0.1) is 10.2 Å². The Bertz CT molecular complexity index is 431. The summed E-state index contributed by atoms with van der Waals surface area (Å²) in [6, 6.07) is 1.61. The van der Waals surface area contributed by atoms with Crippen LogP contribution >= 0.6 is 35.0 Å². The van der Waals surface area contributed by atoms with Gasteiger partial charge < -0.3 is 4.90 Å². The summed E-state index contributed by atoms with van der Waals surface area (Å²) in [6.45, 7) is 2.05. The van der Waals surface area contributed by atoms with Crippen molar-refractivity contribution < 1.29 is 4.79 Å². The summed E-state index contributed by atoms with van der Waals surface area (Å²) in [5.41, 5.74) is 0.290. The summed E-state index contributed by atoms with van der Waals surface area (Å²) in [4.78, 5) is 14.0. The van der Waals surface area contributed by atoms with E-state index in [4.69, 9.17) is 23.2 Å². The van der Waals surface area contributed by atoms with Gasteiger partial charge in [0.25, 0.3) is 5.91 Å². The van der Waals surface area contributed by atoms with Gasteiger partial charge in [0, 0.05) is 18.8 Å². The number of hydrogen-bond donors (Lipinski definition) is 0. The van der Waals surface area contributed by atoms with E-state index in [1.54, 1.807) is 23.7 Å². The second kappa shape index (κ2) is 7.16. The highest BCUT2D eigenvalue weighted by atomic mass is 35.5. The van der Waals surface area contributed by atoms with E-state index >= 15 is 0 Å². The van der Waals surface area contributed by atoms with Crippen LogP contribution in [0.1, 0.15) is 23.7 Å². The van der Waals surface area contributed by atoms with Crippen molar-refractivity contribution in [2.75, 3.05) is 19.1 Å². The van der Waals surface area contributed by atoms with Crippen LogP contribution in [0.3, 0.4) is 0 Å². The van der Waals surface area contributed by atoms with Crippen LogP contribution < -0.4 is 0 Å². The largest absolute Gasteiger partial charge is 0.338 e. The first-order valence-electron chi connectivity index (χ1n) is 5.46. The summed E-state index contributed by atoms with van der Waals surface area (Å²) >= 11 is 13.3. The molecular formula is C11H15Cl2N3OS. The topological polar surface area (TPSA) is 46.1 Å². The highest BCUT2D eigenvalue weighted by Gasteiger charge is 2.22. The Morgan fingerprint density at radius 1 is 1.50 bits per heavy atom. The van der Waals surface area contributed by atoms with Crippen molar-refractivity contribution in [2.45, 2.75) is 19.4 Å². The molecule has 0 aliphatic rings. The molecule has 0 spiro atoms. The summed E-state index contributed by atoms with van der Waals surface area (Å²) in [5.74, 6) is 0.695. The summed E-state index contributed by atoms with van der Waals surface area (Å²) in [6.07, 6.45) is 2.89. The predicted molar refractivity (Wildman–Crippen MR) is 76.6 cm³/mol. The fourth-order valence-corrected chi connectivity index (χ4v) is 2.72. The van der Waals surface area contributed by atoms with Crippen LogP contribution in [-0.2, 0) is 0 Å². The molecule has 1 rings (SSSR count). The van der Waals surface area contributed by atoms with Gasteiger partial charge in [0.05, 0.1) is 5.56 Å². The Balaban J connectivity index is 2.95. The highest BCUT2D eigenvalue weighted by Crippen LogP contribution is 2.19. The molecule has 0 saturated carbocycles. The van der Waals surface area contributed by atoms with E-state index in [2.05, 4.69) is 10.2 Å². The number of rotatable bonds is 5. The van der Waals surface area contributed by atoms with Crippen LogP contribution in [0.4, 0.5) is 0 Å². The van der Waals surface area contributed by atoms with Crippen molar-refractivity contribution in [1.29, 1.82) is 0 Å². The first-order chi connectivity index (χ1) is 8.51. The average Bonchev–Trinajstić information content (AvgIpc) is 2.37. The molecule has 18 heavy (non-hydrogen) atoms. The van der Waals surface area contributed by atoms with Crippen LogP contribution in [0.15, 0.2) is 6.07 Å². The zero-order valence-electron chi connectivity index (χ0n) is 10.5. The van der Waals surface area contributed by atoms with Crippen molar-refractivity contribution >= 4 is 40.9 Å². The molecule has 1 atom stereocenters. The van der Waals surface area contributed by atoms with Gasteiger partial charge in [-0.1, -0.05) is 30.1 Å². The van der Waals surface area contributed by atoms with Gasteiger partial charge in [-0.05, 0) is 18.7 Å². The van der Waals surface area contributed by atoms with E-state index in [1.165, 1.54) is 6.07 Å². The van der Waals surface area contributed by atoms with Crippen molar-refractivity contribution in [3.05, 3.63) is 21.9 Å². The highest BCUT2D eigenvalue weighted by molar-refractivity contribution is 7.98. The average molecular weight is 308 g/mol. The van der Waals surface area contributed by atoms with Gasteiger partial charge in [-0.2, -0.15) is 11.8 Å². The third-order valence-electron chi connectivity index (χ3n) is 2.65. The lowest BCUT2D eigenvalue weighted by Crippen LogP contribution is -2.38. The smallest absolute Gasteiger partial charge is 0.257 e.